The van der Waals surface area contributed by atoms with E-state index in [0.717, 1.165) is 11.1 Å². The summed E-state index contributed by atoms with van der Waals surface area (Å²) in [6.45, 7) is 7.90. The van der Waals surface area contributed by atoms with Crippen LogP contribution in [0.5, 0.6) is 0 Å². The van der Waals surface area contributed by atoms with Crippen molar-refractivity contribution in [2.75, 3.05) is 5.73 Å². The fraction of sp³-hybridized carbons (Fsp3) is 0.455. The van der Waals surface area contributed by atoms with E-state index in [4.69, 9.17) is 5.73 Å². The molecule has 0 saturated heterocycles. The molecule has 0 aliphatic heterocycles. The standard InChI is InChI=1S/C11H16FN/c1-7-5-8(12)6-9(10(7)13)11(2,3)4/h5-6H,13H2,1-4H3. The second-order valence-corrected chi connectivity index (χ2v) is 4.43. The van der Waals surface area contributed by atoms with Crippen molar-refractivity contribution in [1.29, 1.82) is 0 Å². The molecule has 0 amide bonds. The van der Waals surface area contributed by atoms with E-state index >= 15 is 0 Å². The van der Waals surface area contributed by atoms with Gasteiger partial charge in [-0.3, -0.25) is 0 Å². The first-order valence-corrected chi connectivity index (χ1v) is 4.38. The first-order chi connectivity index (χ1) is 5.82. The zero-order valence-corrected chi connectivity index (χ0v) is 8.61. The Balaban J connectivity index is 3.37. The van der Waals surface area contributed by atoms with Gasteiger partial charge in [-0.05, 0) is 35.6 Å². The van der Waals surface area contributed by atoms with Crippen molar-refractivity contribution in [3.05, 3.63) is 29.1 Å². The highest BCUT2D eigenvalue weighted by Gasteiger charge is 2.18. The van der Waals surface area contributed by atoms with Crippen LogP contribution in [0.15, 0.2) is 12.1 Å². The minimum absolute atomic E-state index is 0.100. The van der Waals surface area contributed by atoms with Gasteiger partial charge in [0.15, 0.2) is 0 Å². The summed E-state index contributed by atoms with van der Waals surface area (Å²) >= 11 is 0. The van der Waals surface area contributed by atoms with Crippen LogP contribution in [0.3, 0.4) is 0 Å². The smallest absolute Gasteiger partial charge is 0.123 e. The van der Waals surface area contributed by atoms with Crippen LogP contribution >= 0.6 is 0 Å². The summed E-state index contributed by atoms with van der Waals surface area (Å²) in [7, 11) is 0. The van der Waals surface area contributed by atoms with E-state index in [1.165, 1.54) is 12.1 Å². The Kier molecular flexibility index (Phi) is 2.33. The molecule has 72 valence electrons. The Morgan fingerprint density at radius 2 is 1.77 bits per heavy atom. The molecule has 0 bridgehead atoms. The Bertz CT molecular complexity index is 324. The van der Waals surface area contributed by atoms with E-state index in [-0.39, 0.29) is 11.2 Å². The Morgan fingerprint density at radius 3 is 2.23 bits per heavy atom. The fourth-order valence-electron chi connectivity index (χ4n) is 1.37. The molecule has 13 heavy (non-hydrogen) atoms. The Morgan fingerprint density at radius 1 is 1.23 bits per heavy atom. The van der Waals surface area contributed by atoms with Crippen molar-refractivity contribution >= 4 is 5.69 Å². The number of hydrogen-bond donors (Lipinski definition) is 1. The van der Waals surface area contributed by atoms with E-state index in [1.54, 1.807) is 0 Å². The molecule has 0 saturated carbocycles. The molecule has 2 heteroatoms. The topological polar surface area (TPSA) is 26.0 Å². The highest BCUT2D eigenvalue weighted by molar-refractivity contribution is 5.56. The fourth-order valence-corrected chi connectivity index (χ4v) is 1.37. The quantitative estimate of drug-likeness (QED) is 0.612. The van der Waals surface area contributed by atoms with Gasteiger partial charge in [-0.2, -0.15) is 0 Å². The summed E-state index contributed by atoms with van der Waals surface area (Å²) in [6.07, 6.45) is 0. The van der Waals surface area contributed by atoms with Crippen LogP contribution in [0.2, 0.25) is 0 Å². The summed E-state index contributed by atoms with van der Waals surface area (Å²) in [6, 6.07) is 2.98. The lowest BCUT2D eigenvalue weighted by molar-refractivity contribution is 0.573. The summed E-state index contributed by atoms with van der Waals surface area (Å²) in [5, 5.41) is 0. The highest BCUT2D eigenvalue weighted by Crippen LogP contribution is 2.30. The van der Waals surface area contributed by atoms with E-state index in [9.17, 15) is 4.39 Å². The second kappa shape index (κ2) is 3.02. The van der Waals surface area contributed by atoms with E-state index in [1.807, 2.05) is 27.7 Å². The van der Waals surface area contributed by atoms with Crippen molar-refractivity contribution in [2.24, 2.45) is 0 Å². The van der Waals surface area contributed by atoms with E-state index in [2.05, 4.69) is 0 Å². The van der Waals surface area contributed by atoms with Gasteiger partial charge in [0.1, 0.15) is 5.82 Å². The number of aryl methyl sites for hydroxylation is 1. The molecule has 0 unspecified atom stereocenters. The zero-order valence-electron chi connectivity index (χ0n) is 8.61. The van der Waals surface area contributed by atoms with Gasteiger partial charge in [0, 0.05) is 5.69 Å². The highest BCUT2D eigenvalue weighted by atomic mass is 19.1. The lowest BCUT2D eigenvalue weighted by Crippen LogP contribution is -2.15. The van der Waals surface area contributed by atoms with Gasteiger partial charge in [-0.15, -0.1) is 0 Å². The largest absolute Gasteiger partial charge is 0.398 e. The Hall–Kier alpha value is -1.05. The van der Waals surface area contributed by atoms with Crippen LogP contribution in [0, 0.1) is 12.7 Å². The van der Waals surface area contributed by atoms with Gasteiger partial charge < -0.3 is 5.73 Å². The van der Waals surface area contributed by atoms with Crippen molar-refractivity contribution < 1.29 is 4.39 Å². The van der Waals surface area contributed by atoms with E-state index in [0.29, 0.717) is 5.69 Å². The van der Waals surface area contributed by atoms with Gasteiger partial charge in [0.2, 0.25) is 0 Å². The molecule has 0 atom stereocenters. The molecule has 1 rings (SSSR count). The van der Waals surface area contributed by atoms with Gasteiger partial charge in [0.25, 0.3) is 0 Å². The number of halogens is 1. The average Bonchev–Trinajstić information content (AvgIpc) is 1.94. The number of nitrogen functional groups attached to an aromatic ring is 1. The van der Waals surface area contributed by atoms with Gasteiger partial charge in [-0.1, -0.05) is 20.8 Å². The molecule has 0 heterocycles. The Labute approximate surface area is 78.8 Å². The molecule has 1 aromatic carbocycles. The normalized spacial score (nSPS) is 11.8. The lowest BCUT2D eigenvalue weighted by Gasteiger charge is -2.22. The summed E-state index contributed by atoms with van der Waals surface area (Å²) < 4.78 is 13.1. The molecule has 1 nitrogen and oxygen atoms in total. The van der Waals surface area contributed by atoms with Crippen LogP contribution in [0.4, 0.5) is 10.1 Å². The first kappa shape index (κ1) is 10.0. The average molecular weight is 181 g/mol. The molecular weight excluding hydrogens is 165 g/mol. The molecule has 0 aliphatic carbocycles. The molecule has 0 radical (unpaired) electrons. The SMILES string of the molecule is Cc1cc(F)cc(C(C)(C)C)c1N. The predicted molar refractivity (Wildman–Crippen MR) is 54.2 cm³/mol. The molecular formula is C11H16FN. The lowest BCUT2D eigenvalue weighted by atomic mass is 9.85. The molecule has 0 fully saturated rings. The maximum absolute atomic E-state index is 13.1. The van der Waals surface area contributed by atoms with Crippen LogP contribution in [-0.2, 0) is 5.41 Å². The monoisotopic (exact) mass is 181 g/mol. The molecule has 0 spiro atoms. The number of hydrogen-bond acceptors (Lipinski definition) is 1. The third kappa shape index (κ3) is 2.00. The van der Waals surface area contributed by atoms with Crippen LogP contribution in [0.25, 0.3) is 0 Å². The van der Waals surface area contributed by atoms with Crippen molar-refractivity contribution in [3.8, 4) is 0 Å². The molecule has 0 aliphatic rings. The maximum atomic E-state index is 13.1. The molecule has 0 aromatic heterocycles. The maximum Gasteiger partial charge on any atom is 0.123 e. The number of benzene rings is 1. The van der Waals surface area contributed by atoms with Crippen molar-refractivity contribution in [3.63, 3.8) is 0 Å². The van der Waals surface area contributed by atoms with Crippen molar-refractivity contribution in [1.82, 2.24) is 0 Å². The number of nitrogens with two attached hydrogens (primary N) is 1. The zero-order chi connectivity index (χ0) is 10.2. The third-order valence-electron chi connectivity index (χ3n) is 2.16. The summed E-state index contributed by atoms with van der Waals surface area (Å²) in [5.41, 5.74) is 8.16. The van der Waals surface area contributed by atoms with E-state index < -0.39 is 0 Å². The summed E-state index contributed by atoms with van der Waals surface area (Å²) in [4.78, 5) is 0. The first-order valence-electron chi connectivity index (χ1n) is 4.38. The van der Waals surface area contributed by atoms with Crippen LogP contribution in [-0.4, -0.2) is 0 Å². The number of rotatable bonds is 0. The number of anilines is 1. The predicted octanol–water partition coefficient (Wildman–Crippen LogP) is 3.01. The van der Waals surface area contributed by atoms with Gasteiger partial charge in [-0.25, -0.2) is 4.39 Å². The van der Waals surface area contributed by atoms with Crippen LogP contribution < -0.4 is 5.73 Å². The minimum atomic E-state index is -0.211. The summed E-state index contributed by atoms with van der Waals surface area (Å²) in [5.74, 6) is -0.211. The van der Waals surface area contributed by atoms with Crippen LogP contribution in [0.1, 0.15) is 31.9 Å². The molecule has 1 aromatic rings. The minimum Gasteiger partial charge on any atom is -0.398 e. The van der Waals surface area contributed by atoms with Gasteiger partial charge in [0.05, 0.1) is 0 Å². The van der Waals surface area contributed by atoms with Gasteiger partial charge >= 0.3 is 0 Å². The third-order valence-corrected chi connectivity index (χ3v) is 2.16. The molecule has 2 N–H and O–H groups in total. The second-order valence-electron chi connectivity index (χ2n) is 4.43. The van der Waals surface area contributed by atoms with Crippen molar-refractivity contribution in [2.45, 2.75) is 33.1 Å².